The predicted molar refractivity (Wildman–Crippen MR) is 78.4 cm³/mol. The van der Waals surface area contributed by atoms with Crippen LogP contribution in [-0.2, 0) is 21.0 Å². The van der Waals surface area contributed by atoms with Gasteiger partial charge in [-0.15, -0.1) is 0 Å². The standard InChI is InChI=1S/C13H12F6N2O3S/c1-3-6-24-20-8(2)10-5-4-9(12(14,15)16)7-11(10)21-25(22,23)13(17,18)19/h3-5,7,21H,1,6H2,2H3/b20-8+. The van der Waals surface area contributed by atoms with E-state index in [0.29, 0.717) is 6.07 Å². The minimum absolute atomic E-state index is 0.0679. The summed E-state index contributed by atoms with van der Waals surface area (Å²) in [6.07, 6.45) is -3.59. The molecule has 0 unspecified atom stereocenters. The lowest BCUT2D eigenvalue weighted by atomic mass is 10.1. The van der Waals surface area contributed by atoms with Crippen LogP contribution in [0, 0.1) is 0 Å². The quantitative estimate of drug-likeness (QED) is 0.263. The second-order valence-electron chi connectivity index (χ2n) is 4.57. The zero-order chi connectivity index (χ0) is 19.5. The summed E-state index contributed by atoms with van der Waals surface area (Å²) in [5.74, 6) is 0. The summed E-state index contributed by atoms with van der Waals surface area (Å²) >= 11 is 0. The molecule has 25 heavy (non-hydrogen) atoms. The summed E-state index contributed by atoms with van der Waals surface area (Å²) in [4.78, 5) is 4.70. The summed E-state index contributed by atoms with van der Waals surface area (Å²) in [5.41, 5.74) is -8.44. The van der Waals surface area contributed by atoms with Gasteiger partial charge in [0.2, 0.25) is 0 Å². The van der Waals surface area contributed by atoms with E-state index >= 15 is 0 Å². The molecule has 0 heterocycles. The highest BCUT2D eigenvalue weighted by molar-refractivity contribution is 7.93. The Morgan fingerprint density at radius 1 is 1.28 bits per heavy atom. The van der Waals surface area contributed by atoms with Crippen LogP contribution in [0.1, 0.15) is 18.1 Å². The minimum Gasteiger partial charge on any atom is -0.391 e. The zero-order valence-electron chi connectivity index (χ0n) is 12.6. The number of halogens is 6. The van der Waals surface area contributed by atoms with Crippen LogP contribution in [0.15, 0.2) is 36.0 Å². The zero-order valence-corrected chi connectivity index (χ0v) is 13.4. The molecule has 0 atom stereocenters. The van der Waals surface area contributed by atoms with E-state index in [1.807, 2.05) is 0 Å². The molecule has 0 saturated heterocycles. The highest BCUT2D eigenvalue weighted by atomic mass is 32.2. The van der Waals surface area contributed by atoms with E-state index in [9.17, 15) is 34.8 Å². The molecule has 0 aliphatic carbocycles. The van der Waals surface area contributed by atoms with Crippen LogP contribution in [0.5, 0.6) is 0 Å². The Bertz CT molecular complexity index is 769. The summed E-state index contributed by atoms with van der Waals surface area (Å²) in [5, 5.41) is 3.48. The molecule has 1 aromatic rings. The van der Waals surface area contributed by atoms with Gasteiger partial charge >= 0.3 is 21.7 Å². The SMILES string of the molecule is C=CCO/N=C(\C)c1ccc(C(F)(F)F)cc1NS(=O)(=O)C(F)(F)F. The molecule has 1 aromatic carbocycles. The Morgan fingerprint density at radius 2 is 1.88 bits per heavy atom. The van der Waals surface area contributed by atoms with E-state index in [2.05, 4.69) is 11.7 Å². The van der Waals surface area contributed by atoms with Crippen molar-refractivity contribution in [2.24, 2.45) is 5.16 Å². The molecule has 0 bridgehead atoms. The highest BCUT2D eigenvalue weighted by Gasteiger charge is 2.46. The average molecular weight is 390 g/mol. The van der Waals surface area contributed by atoms with Crippen LogP contribution >= 0.6 is 0 Å². The molecule has 140 valence electrons. The molecule has 0 spiro atoms. The summed E-state index contributed by atoms with van der Waals surface area (Å²) in [6.45, 7) is 4.48. The number of benzene rings is 1. The van der Waals surface area contributed by atoms with Gasteiger partial charge in [-0.2, -0.15) is 34.8 Å². The molecule has 0 fully saturated rings. The van der Waals surface area contributed by atoms with Gasteiger partial charge in [-0.1, -0.05) is 23.9 Å². The normalized spacial score (nSPS) is 13.5. The Labute approximate surface area is 139 Å². The number of hydrogen-bond acceptors (Lipinski definition) is 4. The highest BCUT2D eigenvalue weighted by Crippen LogP contribution is 2.34. The van der Waals surface area contributed by atoms with E-state index in [0.717, 1.165) is 10.8 Å². The largest absolute Gasteiger partial charge is 0.516 e. The van der Waals surface area contributed by atoms with Crippen molar-refractivity contribution in [3.8, 4) is 0 Å². The monoisotopic (exact) mass is 390 g/mol. The fourth-order valence-electron chi connectivity index (χ4n) is 1.56. The maximum absolute atomic E-state index is 12.8. The number of oxime groups is 1. The van der Waals surface area contributed by atoms with Gasteiger partial charge in [0.1, 0.15) is 6.61 Å². The van der Waals surface area contributed by atoms with Crippen LogP contribution in [-0.4, -0.2) is 26.2 Å². The molecule has 5 nitrogen and oxygen atoms in total. The second-order valence-corrected chi connectivity index (χ2v) is 6.24. The summed E-state index contributed by atoms with van der Waals surface area (Å²) in [6, 6.07) is 1.60. The van der Waals surface area contributed by atoms with Crippen molar-refractivity contribution in [3.05, 3.63) is 42.0 Å². The number of rotatable bonds is 6. The summed E-state index contributed by atoms with van der Waals surface area (Å²) in [7, 11) is -5.92. The molecule has 12 heteroatoms. The van der Waals surface area contributed by atoms with Crippen LogP contribution in [0.25, 0.3) is 0 Å². The molecule has 0 aliphatic heterocycles. The Balaban J connectivity index is 3.43. The first-order valence-corrected chi connectivity index (χ1v) is 7.86. The lowest BCUT2D eigenvalue weighted by Crippen LogP contribution is -2.30. The van der Waals surface area contributed by atoms with Crippen molar-refractivity contribution >= 4 is 21.4 Å². The first-order chi connectivity index (χ1) is 11.3. The lowest BCUT2D eigenvalue weighted by molar-refractivity contribution is -0.137. The number of nitrogens with one attached hydrogen (secondary N) is 1. The van der Waals surface area contributed by atoms with E-state index in [4.69, 9.17) is 4.84 Å². The van der Waals surface area contributed by atoms with Crippen LogP contribution in [0.3, 0.4) is 0 Å². The molecule has 0 aromatic heterocycles. The molecule has 0 radical (unpaired) electrons. The number of nitrogens with zero attached hydrogens (tertiary/aromatic N) is 1. The molecule has 0 amide bonds. The molecule has 0 saturated carbocycles. The van der Waals surface area contributed by atoms with Gasteiger partial charge in [-0.05, 0) is 19.1 Å². The minimum atomic E-state index is -5.92. The van der Waals surface area contributed by atoms with Crippen molar-refractivity contribution in [3.63, 3.8) is 0 Å². The van der Waals surface area contributed by atoms with E-state index < -0.39 is 33.0 Å². The maximum Gasteiger partial charge on any atom is 0.516 e. The van der Waals surface area contributed by atoms with Gasteiger partial charge in [-0.3, -0.25) is 4.72 Å². The third-order valence-electron chi connectivity index (χ3n) is 2.68. The molecule has 1 rings (SSSR count). The fraction of sp³-hybridized carbons (Fsp3) is 0.308. The molecular weight excluding hydrogens is 378 g/mol. The van der Waals surface area contributed by atoms with Crippen molar-refractivity contribution in [2.45, 2.75) is 18.6 Å². The van der Waals surface area contributed by atoms with Gasteiger partial charge < -0.3 is 4.84 Å². The van der Waals surface area contributed by atoms with Crippen LogP contribution in [0.4, 0.5) is 32.0 Å². The van der Waals surface area contributed by atoms with E-state index in [1.54, 1.807) is 0 Å². The molecule has 0 aliphatic rings. The predicted octanol–water partition coefficient (Wildman–Crippen LogP) is 3.89. The van der Waals surface area contributed by atoms with E-state index in [1.165, 1.54) is 13.0 Å². The van der Waals surface area contributed by atoms with Gasteiger partial charge in [-0.25, -0.2) is 0 Å². The van der Waals surface area contributed by atoms with Gasteiger partial charge in [0.05, 0.1) is 17.0 Å². The fourth-order valence-corrected chi connectivity index (χ4v) is 2.13. The summed E-state index contributed by atoms with van der Waals surface area (Å²) < 4.78 is 99.3. The number of hydrogen-bond donors (Lipinski definition) is 1. The van der Waals surface area contributed by atoms with Crippen molar-refractivity contribution < 1.29 is 39.6 Å². The third-order valence-corrected chi connectivity index (χ3v) is 3.78. The first kappa shape index (κ1) is 20.8. The average Bonchev–Trinajstić information content (AvgIpc) is 2.44. The van der Waals surface area contributed by atoms with Crippen molar-refractivity contribution in [1.82, 2.24) is 0 Å². The topological polar surface area (TPSA) is 67.8 Å². The van der Waals surface area contributed by atoms with Crippen molar-refractivity contribution in [2.75, 3.05) is 11.3 Å². The Morgan fingerprint density at radius 3 is 2.36 bits per heavy atom. The number of anilines is 1. The van der Waals surface area contributed by atoms with Crippen LogP contribution in [0.2, 0.25) is 0 Å². The number of sulfonamides is 1. The van der Waals surface area contributed by atoms with Gasteiger partial charge in [0, 0.05) is 5.56 Å². The van der Waals surface area contributed by atoms with E-state index in [-0.39, 0.29) is 23.9 Å². The molecular formula is C13H12F6N2O3S. The third kappa shape index (κ3) is 5.37. The maximum atomic E-state index is 12.8. The van der Waals surface area contributed by atoms with Crippen molar-refractivity contribution in [1.29, 1.82) is 0 Å². The second kappa shape index (κ2) is 7.33. The lowest BCUT2D eigenvalue weighted by Gasteiger charge is -2.16. The van der Waals surface area contributed by atoms with Gasteiger partial charge in [0.15, 0.2) is 0 Å². The smallest absolute Gasteiger partial charge is 0.391 e. The van der Waals surface area contributed by atoms with Crippen LogP contribution < -0.4 is 4.72 Å². The Kier molecular flexibility index (Phi) is 6.10. The number of alkyl halides is 6. The van der Waals surface area contributed by atoms with Gasteiger partial charge in [0.25, 0.3) is 0 Å². The molecule has 1 N–H and O–H groups in total. The first-order valence-electron chi connectivity index (χ1n) is 6.37. The Hall–Kier alpha value is -2.24.